The van der Waals surface area contributed by atoms with Crippen LogP contribution in [0.3, 0.4) is 0 Å². The van der Waals surface area contributed by atoms with Crippen molar-refractivity contribution in [3.8, 4) is 5.75 Å². The van der Waals surface area contributed by atoms with Crippen LogP contribution in [0.25, 0.3) is 0 Å². The van der Waals surface area contributed by atoms with Gasteiger partial charge < -0.3 is 10.5 Å². The Morgan fingerprint density at radius 2 is 2.17 bits per heavy atom. The SMILES string of the molecule is CCC(C)C(N)C(=O)Nc1nnc(Cc2cccc(OC)c2)s1.Cl. The molecule has 2 aromatic rings. The first-order chi connectivity index (χ1) is 11.0. The van der Waals surface area contributed by atoms with E-state index in [0.717, 1.165) is 22.7 Å². The van der Waals surface area contributed by atoms with Crippen molar-refractivity contribution in [2.75, 3.05) is 12.4 Å². The van der Waals surface area contributed by atoms with Gasteiger partial charge in [0.2, 0.25) is 11.0 Å². The van der Waals surface area contributed by atoms with Crippen LogP contribution in [-0.4, -0.2) is 29.3 Å². The van der Waals surface area contributed by atoms with Gasteiger partial charge in [0.1, 0.15) is 10.8 Å². The van der Waals surface area contributed by atoms with E-state index in [0.29, 0.717) is 11.6 Å². The number of carbonyl (C=O) groups excluding carboxylic acids is 1. The third-order valence-electron chi connectivity index (χ3n) is 3.75. The fourth-order valence-corrected chi connectivity index (χ4v) is 2.81. The Morgan fingerprint density at radius 1 is 1.42 bits per heavy atom. The van der Waals surface area contributed by atoms with E-state index in [-0.39, 0.29) is 24.2 Å². The molecule has 132 valence electrons. The van der Waals surface area contributed by atoms with Crippen LogP contribution in [0.1, 0.15) is 30.8 Å². The molecule has 6 nitrogen and oxygen atoms in total. The molecule has 2 atom stereocenters. The van der Waals surface area contributed by atoms with Crippen molar-refractivity contribution in [2.45, 2.75) is 32.7 Å². The van der Waals surface area contributed by atoms with Gasteiger partial charge in [0.05, 0.1) is 13.2 Å². The number of nitrogens with zero attached hydrogens (tertiary/aromatic N) is 2. The summed E-state index contributed by atoms with van der Waals surface area (Å²) in [5.41, 5.74) is 6.99. The average molecular weight is 371 g/mol. The Labute approximate surface area is 152 Å². The fourth-order valence-electron chi connectivity index (χ4n) is 2.03. The molecule has 0 fully saturated rings. The van der Waals surface area contributed by atoms with Gasteiger partial charge in [-0.15, -0.1) is 22.6 Å². The van der Waals surface area contributed by atoms with Gasteiger partial charge in [-0.3, -0.25) is 10.1 Å². The third kappa shape index (κ3) is 5.43. The predicted molar refractivity (Wildman–Crippen MR) is 99.0 cm³/mol. The zero-order chi connectivity index (χ0) is 16.8. The minimum absolute atomic E-state index is 0. The smallest absolute Gasteiger partial charge is 0.243 e. The Kier molecular flexibility index (Phi) is 8.10. The maximum absolute atomic E-state index is 12.1. The van der Waals surface area contributed by atoms with Gasteiger partial charge in [0.25, 0.3) is 0 Å². The second-order valence-corrected chi connectivity index (χ2v) is 6.49. The van der Waals surface area contributed by atoms with Gasteiger partial charge >= 0.3 is 0 Å². The summed E-state index contributed by atoms with van der Waals surface area (Å²) in [7, 11) is 1.64. The summed E-state index contributed by atoms with van der Waals surface area (Å²) in [6.45, 7) is 3.97. The first-order valence-corrected chi connectivity index (χ1v) is 8.36. The fraction of sp³-hybridized carbons (Fsp3) is 0.438. The van der Waals surface area contributed by atoms with E-state index in [1.54, 1.807) is 7.11 Å². The maximum atomic E-state index is 12.1. The predicted octanol–water partition coefficient (Wildman–Crippen LogP) is 2.87. The van der Waals surface area contributed by atoms with Crippen molar-refractivity contribution in [1.82, 2.24) is 10.2 Å². The molecule has 1 heterocycles. The number of hydrogen-bond acceptors (Lipinski definition) is 6. The van der Waals surface area contributed by atoms with Crippen molar-refractivity contribution in [3.05, 3.63) is 34.8 Å². The number of amides is 1. The number of carbonyl (C=O) groups is 1. The minimum atomic E-state index is -0.536. The quantitative estimate of drug-likeness (QED) is 0.782. The molecular formula is C16H23ClN4O2S. The van der Waals surface area contributed by atoms with Gasteiger partial charge in [-0.25, -0.2) is 0 Å². The zero-order valence-corrected chi connectivity index (χ0v) is 15.6. The molecule has 0 saturated heterocycles. The van der Waals surface area contributed by atoms with Gasteiger partial charge in [0.15, 0.2) is 0 Å². The van der Waals surface area contributed by atoms with E-state index in [9.17, 15) is 4.79 Å². The lowest BCUT2D eigenvalue weighted by Gasteiger charge is -2.16. The highest BCUT2D eigenvalue weighted by molar-refractivity contribution is 7.15. The Morgan fingerprint density at radius 3 is 2.83 bits per heavy atom. The number of benzene rings is 1. The van der Waals surface area contributed by atoms with Crippen molar-refractivity contribution >= 4 is 34.8 Å². The summed E-state index contributed by atoms with van der Waals surface area (Å²) < 4.78 is 5.21. The van der Waals surface area contributed by atoms with Gasteiger partial charge in [-0.05, 0) is 23.6 Å². The molecule has 8 heteroatoms. The van der Waals surface area contributed by atoms with E-state index >= 15 is 0 Å². The highest BCUT2D eigenvalue weighted by atomic mass is 35.5. The van der Waals surface area contributed by atoms with E-state index in [2.05, 4.69) is 15.5 Å². The van der Waals surface area contributed by atoms with Crippen LogP contribution in [0.2, 0.25) is 0 Å². The van der Waals surface area contributed by atoms with Crippen LogP contribution in [0.4, 0.5) is 5.13 Å². The number of rotatable bonds is 7. The Bertz CT molecular complexity index is 665. The summed E-state index contributed by atoms with van der Waals surface area (Å²) in [5.74, 6) is 0.711. The maximum Gasteiger partial charge on any atom is 0.243 e. The lowest BCUT2D eigenvalue weighted by Crippen LogP contribution is -2.40. The lowest BCUT2D eigenvalue weighted by atomic mass is 10.00. The molecule has 0 spiro atoms. The van der Waals surface area contributed by atoms with E-state index in [1.807, 2.05) is 38.1 Å². The van der Waals surface area contributed by atoms with E-state index < -0.39 is 6.04 Å². The van der Waals surface area contributed by atoms with E-state index in [1.165, 1.54) is 11.3 Å². The number of nitrogens with one attached hydrogen (secondary N) is 1. The van der Waals surface area contributed by atoms with Crippen molar-refractivity contribution in [1.29, 1.82) is 0 Å². The van der Waals surface area contributed by atoms with Gasteiger partial charge in [0, 0.05) is 6.42 Å². The number of methoxy groups -OCH3 is 1. The summed E-state index contributed by atoms with van der Waals surface area (Å²) in [6.07, 6.45) is 1.49. The molecule has 0 bridgehead atoms. The van der Waals surface area contributed by atoms with Crippen molar-refractivity contribution in [3.63, 3.8) is 0 Å². The van der Waals surface area contributed by atoms with Crippen LogP contribution in [0, 0.1) is 5.92 Å². The molecular weight excluding hydrogens is 348 g/mol. The first kappa shape index (κ1) is 20.3. The Hall–Kier alpha value is -1.70. The van der Waals surface area contributed by atoms with Crippen molar-refractivity contribution < 1.29 is 9.53 Å². The molecule has 1 amide bonds. The second-order valence-electron chi connectivity index (χ2n) is 5.43. The summed E-state index contributed by atoms with van der Waals surface area (Å²) in [5, 5.41) is 12.2. The molecule has 0 aliphatic heterocycles. The number of aromatic nitrogens is 2. The zero-order valence-electron chi connectivity index (χ0n) is 14.0. The molecule has 0 aliphatic rings. The van der Waals surface area contributed by atoms with Crippen molar-refractivity contribution in [2.24, 2.45) is 11.7 Å². The van der Waals surface area contributed by atoms with Gasteiger partial charge in [-0.1, -0.05) is 43.7 Å². The molecule has 0 aliphatic carbocycles. The average Bonchev–Trinajstić information content (AvgIpc) is 3.00. The molecule has 1 aromatic heterocycles. The normalized spacial score (nSPS) is 12.8. The van der Waals surface area contributed by atoms with Gasteiger partial charge in [-0.2, -0.15) is 0 Å². The number of hydrogen-bond donors (Lipinski definition) is 2. The Balaban J connectivity index is 0.00000288. The number of ether oxygens (including phenoxy) is 1. The van der Waals surface area contributed by atoms with Crippen LogP contribution in [0.15, 0.2) is 24.3 Å². The minimum Gasteiger partial charge on any atom is -0.497 e. The molecule has 0 saturated carbocycles. The largest absolute Gasteiger partial charge is 0.497 e. The first-order valence-electron chi connectivity index (χ1n) is 7.55. The summed E-state index contributed by atoms with van der Waals surface area (Å²) in [4.78, 5) is 12.1. The standard InChI is InChI=1S/C16H22N4O2S.ClH/c1-4-10(2)14(17)15(21)18-16-20-19-13(23-16)9-11-6-5-7-12(8-11)22-3;/h5-8,10,14H,4,9,17H2,1-3H3,(H,18,20,21);1H. The number of halogens is 1. The second kappa shape index (κ2) is 9.56. The van der Waals surface area contributed by atoms with Crippen LogP contribution in [-0.2, 0) is 11.2 Å². The van der Waals surface area contributed by atoms with E-state index in [4.69, 9.17) is 10.5 Å². The highest BCUT2D eigenvalue weighted by Gasteiger charge is 2.20. The molecule has 1 aromatic carbocycles. The third-order valence-corrected chi connectivity index (χ3v) is 4.58. The lowest BCUT2D eigenvalue weighted by molar-refractivity contribution is -0.118. The van der Waals surface area contributed by atoms with Crippen LogP contribution >= 0.6 is 23.7 Å². The molecule has 3 N–H and O–H groups in total. The molecule has 24 heavy (non-hydrogen) atoms. The number of anilines is 1. The van der Waals surface area contributed by atoms with Crippen LogP contribution in [0.5, 0.6) is 5.75 Å². The monoisotopic (exact) mass is 370 g/mol. The summed E-state index contributed by atoms with van der Waals surface area (Å²) >= 11 is 1.36. The molecule has 0 radical (unpaired) electrons. The topological polar surface area (TPSA) is 90.1 Å². The molecule has 2 unspecified atom stereocenters. The summed E-state index contributed by atoms with van der Waals surface area (Å²) in [6, 6.07) is 7.25. The highest BCUT2D eigenvalue weighted by Crippen LogP contribution is 2.21. The molecule has 2 rings (SSSR count). The van der Waals surface area contributed by atoms with Crippen LogP contribution < -0.4 is 15.8 Å². The number of nitrogens with two attached hydrogens (primary N) is 1.